The lowest BCUT2D eigenvalue weighted by Crippen LogP contribution is -2.06. The minimum Gasteiger partial charge on any atom is -0.293 e. The van der Waals surface area contributed by atoms with Crippen molar-refractivity contribution >= 4 is 12.3 Å². The third-order valence-corrected chi connectivity index (χ3v) is 1.80. The van der Waals surface area contributed by atoms with E-state index in [9.17, 15) is 0 Å². The molecule has 0 fully saturated rings. The molecule has 0 aliphatic carbocycles. The summed E-state index contributed by atoms with van der Waals surface area (Å²) in [5.74, 6) is 0. The Morgan fingerprint density at radius 3 is 2.40 bits per heavy atom. The summed E-state index contributed by atoms with van der Waals surface area (Å²) in [5.41, 5.74) is 1.41. The Bertz CT molecular complexity index is 328. The SMILES string of the molecule is CC(C)(C)C=NC/C=C/c1ccccc1. The Hall–Kier alpha value is -1.37. The van der Waals surface area contributed by atoms with Gasteiger partial charge in [0.2, 0.25) is 0 Å². The first kappa shape index (κ1) is 11.7. The van der Waals surface area contributed by atoms with E-state index in [-0.39, 0.29) is 5.41 Å². The molecule has 0 saturated heterocycles. The Morgan fingerprint density at radius 1 is 1.13 bits per heavy atom. The molecule has 0 unspecified atom stereocenters. The van der Waals surface area contributed by atoms with Gasteiger partial charge in [-0.05, 0) is 11.0 Å². The minimum absolute atomic E-state index is 0.181. The molecule has 0 aliphatic heterocycles. The quantitative estimate of drug-likeness (QED) is 0.659. The molecule has 1 heteroatoms. The van der Waals surface area contributed by atoms with Gasteiger partial charge in [-0.3, -0.25) is 4.99 Å². The van der Waals surface area contributed by atoms with E-state index in [0.717, 1.165) is 6.54 Å². The second kappa shape index (κ2) is 5.50. The van der Waals surface area contributed by atoms with E-state index >= 15 is 0 Å². The number of nitrogens with zero attached hydrogens (tertiary/aromatic N) is 1. The van der Waals surface area contributed by atoms with Crippen molar-refractivity contribution in [1.82, 2.24) is 0 Å². The summed E-state index contributed by atoms with van der Waals surface area (Å²) in [4.78, 5) is 4.35. The second-order valence-electron chi connectivity index (χ2n) is 4.67. The summed E-state index contributed by atoms with van der Waals surface area (Å²) in [6.45, 7) is 7.21. The largest absolute Gasteiger partial charge is 0.293 e. The van der Waals surface area contributed by atoms with Gasteiger partial charge < -0.3 is 0 Å². The van der Waals surface area contributed by atoms with E-state index in [2.05, 4.69) is 50.0 Å². The molecular weight excluding hydrogens is 182 g/mol. The molecular formula is C14H19N. The Kier molecular flexibility index (Phi) is 4.29. The van der Waals surface area contributed by atoms with E-state index in [1.165, 1.54) is 5.56 Å². The van der Waals surface area contributed by atoms with Gasteiger partial charge in [0.05, 0.1) is 6.54 Å². The maximum absolute atomic E-state index is 4.35. The summed E-state index contributed by atoms with van der Waals surface area (Å²) in [6, 6.07) is 10.3. The van der Waals surface area contributed by atoms with Crippen molar-refractivity contribution in [2.45, 2.75) is 20.8 Å². The maximum Gasteiger partial charge on any atom is 0.0569 e. The molecule has 0 N–H and O–H groups in total. The maximum atomic E-state index is 4.35. The molecule has 80 valence electrons. The van der Waals surface area contributed by atoms with Gasteiger partial charge >= 0.3 is 0 Å². The standard InChI is InChI=1S/C14H19N/c1-14(2,3)12-15-11-7-10-13-8-5-4-6-9-13/h4-10,12H,11H2,1-3H3/b10-7+,15-12?. The fourth-order valence-electron chi connectivity index (χ4n) is 1.14. The molecule has 1 aromatic carbocycles. The smallest absolute Gasteiger partial charge is 0.0569 e. The van der Waals surface area contributed by atoms with Crippen molar-refractivity contribution in [3.8, 4) is 0 Å². The van der Waals surface area contributed by atoms with Crippen LogP contribution < -0.4 is 0 Å². The van der Waals surface area contributed by atoms with Gasteiger partial charge in [0, 0.05) is 6.21 Å². The zero-order valence-corrected chi connectivity index (χ0v) is 9.77. The number of hydrogen-bond acceptors (Lipinski definition) is 1. The lowest BCUT2D eigenvalue weighted by Gasteiger charge is -2.08. The monoisotopic (exact) mass is 201 g/mol. The molecule has 0 radical (unpaired) electrons. The molecule has 0 spiro atoms. The lowest BCUT2D eigenvalue weighted by molar-refractivity contribution is 0.605. The van der Waals surface area contributed by atoms with Crippen LogP contribution in [0.15, 0.2) is 41.4 Å². The highest BCUT2D eigenvalue weighted by molar-refractivity contribution is 5.64. The van der Waals surface area contributed by atoms with Crippen molar-refractivity contribution in [3.05, 3.63) is 42.0 Å². The summed E-state index contributed by atoms with van der Waals surface area (Å²) in [6.07, 6.45) is 6.18. The minimum atomic E-state index is 0.181. The van der Waals surface area contributed by atoms with Crippen LogP contribution in [-0.4, -0.2) is 12.8 Å². The summed E-state index contributed by atoms with van der Waals surface area (Å²) >= 11 is 0. The van der Waals surface area contributed by atoms with E-state index < -0.39 is 0 Å². The molecule has 0 atom stereocenters. The third kappa shape index (κ3) is 5.84. The molecule has 0 bridgehead atoms. The van der Waals surface area contributed by atoms with Crippen molar-refractivity contribution in [2.75, 3.05) is 6.54 Å². The highest BCUT2D eigenvalue weighted by Crippen LogP contribution is 2.08. The van der Waals surface area contributed by atoms with E-state index in [1.807, 2.05) is 24.4 Å². The normalized spacial score (nSPS) is 12.7. The first-order valence-corrected chi connectivity index (χ1v) is 5.30. The molecule has 0 amide bonds. The van der Waals surface area contributed by atoms with Crippen LogP contribution in [0.4, 0.5) is 0 Å². The van der Waals surface area contributed by atoms with Gasteiger partial charge in [0.25, 0.3) is 0 Å². The third-order valence-electron chi connectivity index (χ3n) is 1.80. The van der Waals surface area contributed by atoms with Crippen LogP contribution >= 0.6 is 0 Å². The van der Waals surface area contributed by atoms with Crippen LogP contribution in [0.1, 0.15) is 26.3 Å². The number of aliphatic imine (C=N–C) groups is 1. The zero-order valence-electron chi connectivity index (χ0n) is 9.77. The van der Waals surface area contributed by atoms with E-state index in [1.54, 1.807) is 0 Å². The van der Waals surface area contributed by atoms with Crippen LogP contribution in [0.5, 0.6) is 0 Å². The summed E-state index contributed by atoms with van der Waals surface area (Å²) in [5, 5.41) is 0. The van der Waals surface area contributed by atoms with Crippen LogP contribution in [0, 0.1) is 5.41 Å². The van der Waals surface area contributed by atoms with Crippen molar-refractivity contribution in [2.24, 2.45) is 10.4 Å². The Labute approximate surface area is 92.6 Å². The van der Waals surface area contributed by atoms with Gasteiger partial charge in [0.1, 0.15) is 0 Å². The lowest BCUT2D eigenvalue weighted by atomic mass is 9.99. The molecule has 0 heterocycles. The average Bonchev–Trinajstić information content (AvgIpc) is 2.17. The molecule has 0 saturated carbocycles. The topological polar surface area (TPSA) is 12.4 Å². The van der Waals surface area contributed by atoms with Crippen molar-refractivity contribution < 1.29 is 0 Å². The van der Waals surface area contributed by atoms with E-state index in [4.69, 9.17) is 0 Å². The first-order valence-electron chi connectivity index (χ1n) is 5.30. The van der Waals surface area contributed by atoms with Crippen LogP contribution in [0.25, 0.3) is 6.08 Å². The van der Waals surface area contributed by atoms with E-state index in [0.29, 0.717) is 0 Å². The second-order valence-corrected chi connectivity index (χ2v) is 4.67. The molecule has 15 heavy (non-hydrogen) atoms. The average molecular weight is 201 g/mol. The van der Waals surface area contributed by atoms with Gasteiger partial charge in [0.15, 0.2) is 0 Å². The van der Waals surface area contributed by atoms with Crippen LogP contribution in [0.3, 0.4) is 0 Å². The fraction of sp³-hybridized carbons (Fsp3) is 0.357. The fourth-order valence-corrected chi connectivity index (χ4v) is 1.14. The van der Waals surface area contributed by atoms with Crippen LogP contribution in [-0.2, 0) is 0 Å². The molecule has 0 aliphatic rings. The highest BCUT2D eigenvalue weighted by atomic mass is 14.7. The Morgan fingerprint density at radius 2 is 1.80 bits per heavy atom. The van der Waals surface area contributed by atoms with Crippen molar-refractivity contribution in [3.63, 3.8) is 0 Å². The van der Waals surface area contributed by atoms with Gasteiger partial charge in [-0.2, -0.15) is 0 Å². The molecule has 1 rings (SSSR count). The highest BCUT2D eigenvalue weighted by Gasteiger charge is 2.03. The first-order chi connectivity index (χ1) is 7.08. The van der Waals surface area contributed by atoms with Gasteiger partial charge in [-0.15, -0.1) is 0 Å². The Balaban J connectivity index is 2.39. The predicted molar refractivity (Wildman–Crippen MR) is 68.3 cm³/mol. The number of hydrogen-bond donors (Lipinski definition) is 0. The van der Waals surface area contributed by atoms with Crippen LogP contribution in [0.2, 0.25) is 0 Å². The van der Waals surface area contributed by atoms with Gasteiger partial charge in [-0.1, -0.05) is 63.3 Å². The molecule has 1 aromatic rings. The number of rotatable bonds is 3. The zero-order chi connectivity index (χ0) is 11.1. The molecule has 1 nitrogen and oxygen atoms in total. The summed E-state index contributed by atoms with van der Waals surface area (Å²) in [7, 11) is 0. The van der Waals surface area contributed by atoms with Gasteiger partial charge in [-0.25, -0.2) is 0 Å². The summed E-state index contributed by atoms with van der Waals surface area (Å²) < 4.78 is 0. The van der Waals surface area contributed by atoms with Crippen molar-refractivity contribution in [1.29, 1.82) is 0 Å². The molecule has 0 aromatic heterocycles. The predicted octanol–water partition coefficient (Wildman–Crippen LogP) is 3.82. The number of benzene rings is 1.